The van der Waals surface area contributed by atoms with Gasteiger partial charge in [-0.3, -0.25) is 9.59 Å². The topological polar surface area (TPSA) is 69.2 Å². The van der Waals surface area contributed by atoms with Crippen molar-refractivity contribution in [3.63, 3.8) is 0 Å². The van der Waals surface area contributed by atoms with Crippen LogP contribution in [0.4, 0.5) is 11.5 Å². The summed E-state index contributed by atoms with van der Waals surface area (Å²) in [6.07, 6.45) is 5.82. The van der Waals surface area contributed by atoms with Crippen molar-refractivity contribution >= 4 is 23.3 Å². The molecule has 2 aromatic rings. The molecule has 4 fully saturated rings. The number of nitrogens with zero attached hydrogens (tertiary/aromatic N) is 5. The van der Waals surface area contributed by atoms with E-state index < -0.39 is 0 Å². The Hall–Kier alpha value is -3.29. The number of methoxy groups -OCH3 is 1. The highest BCUT2D eigenvalue weighted by Gasteiger charge is 2.44. The Morgan fingerprint density at radius 3 is 2.67 bits per heavy atom. The van der Waals surface area contributed by atoms with E-state index in [9.17, 15) is 9.59 Å². The monoisotopic (exact) mass is 489 g/mol. The molecular weight excluding hydrogens is 454 g/mol. The van der Waals surface area contributed by atoms with Gasteiger partial charge in [-0.25, -0.2) is 4.98 Å². The van der Waals surface area contributed by atoms with Gasteiger partial charge in [0, 0.05) is 76.2 Å². The van der Waals surface area contributed by atoms with Gasteiger partial charge in [-0.1, -0.05) is 6.07 Å². The molecule has 0 spiro atoms. The summed E-state index contributed by atoms with van der Waals surface area (Å²) < 4.78 is 5.35. The number of amides is 2. The van der Waals surface area contributed by atoms with Crippen LogP contribution in [0.15, 0.2) is 42.6 Å². The van der Waals surface area contributed by atoms with Gasteiger partial charge in [0.15, 0.2) is 0 Å². The first-order valence-electron chi connectivity index (χ1n) is 13.3. The Labute approximate surface area is 212 Å². The third-order valence-electron chi connectivity index (χ3n) is 8.48. The number of benzene rings is 1. The first-order chi connectivity index (χ1) is 17.6. The number of hydrogen-bond acceptors (Lipinski definition) is 6. The molecule has 2 amide bonds. The van der Waals surface area contributed by atoms with E-state index >= 15 is 0 Å². The summed E-state index contributed by atoms with van der Waals surface area (Å²) in [5, 5.41) is 0. The molecule has 1 aromatic carbocycles. The van der Waals surface area contributed by atoms with Crippen LogP contribution < -0.4 is 14.5 Å². The molecule has 0 unspecified atom stereocenters. The minimum absolute atomic E-state index is 0.0474. The lowest BCUT2D eigenvalue weighted by Crippen LogP contribution is -2.60. The van der Waals surface area contributed by atoms with Gasteiger partial charge in [0.25, 0.3) is 5.91 Å². The quantitative estimate of drug-likeness (QED) is 0.658. The maximum absolute atomic E-state index is 13.2. The van der Waals surface area contributed by atoms with E-state index in [2.05, 4.69) is 20.8 Å². The van der Waals surface area contributed by atoms with E-state index in [1.807, 2.05) is 35.2 Å². The lowest BCUT2D eigenvalue weighted by molar-refractivity contribution is -0.142. The van der Waals surface area contributed by atoms with Crippen LogP contribution in [0.5, 0.6) is 5.75 Å². The molecule has 36 heavy (non-hydrogen) atoms. The normalized spacial score (nSPS) is 26.0. The second kappa shape index (κ2) is 9.64. The molecule has 3 atom stereocenters. The molecule has 5 heterocycles. The second-order valence-corrected chi connectivity index (χ2v) is 10.7. The molecule has 4 aliphatic rings. The van der Waals surface area contributed by atoms with Crippen LogP contribution in [0.2, 0.25) is 0 Å². The molecule has 8 nitrogen and oxygen atoms in total. The number of ether oxygens (including phenoxy) is 1. The number of piperazine rings is 1. The number of pyridine rings is 1. The van der Waals surface area contributed by atoms with Crippen LogP contribution in [0.1, 0.15) is 36.0 Å². The second-order valence-electron chi connectivity index (χ2n) is 10.7. The van der Waals surface area contributed by atoms with E-state index in [0.717, 1.165) is 62.8 Å². The van der Waals surface area contributed by atoms with Crippen molar-refractivity contribution in [1.29, 1.82) is 0 Å². The summed E-state index contributed by atoms with van der Waals surface area (Å²) in [4.78, 5) is 39.1. The number of carbonyl (C=O) groups is 2. The number of hydrogen-bond donors (Lipinski definition) is 0. The molecule has 190 valence electrons. The summed E-state index contributed by atoms with van der Waals surface area (Å²) in [7, 11) is 1.68. The smallest absolute Gasteiger partial charge is 0.255 e. The standard InChI is InChI=1S/C28H35N5O3/c1-36-24-5-2-4-23(15-24)30-10-12-31(13-11-30)28(35)21-8-9-26(29-16-21)32-17-20-14-22(19-32)25-6-3-7-27(34)33(25)18-20/h2,4-5,8-9,15-16,20,22,25H,3,6-7,10-14,17-19H2,1H3/t20-,22-,25-/m1/s1. The predicted octanol–water partition coefficient (Wildman–Crippen LogP) is 2.89. The molecule has 6 rings (SSSR count). The molecular formula is C28H35N5O3. The first-order valence-corrected chi connectivity index (χ1v) is 13.3. The Balaban J connectivity index is 1.07. The third kappa shape index (κ3) is 4.38. The van der Waals surface area contributed by atoms with Gasteiger partial charge < -0.3 is 24.3 Å². The largest absolute Gasteiger partial charge is 0.497 e. The van der Waals surface area contributed by atoms with Crippen molar-refractivity contribution in [2.24, 2.45) is 11.8 Å². The van der Waals surface area contributed by atoms with E-state index in [0.29, 0.717) is 48.9 Å². The highest BCUT2D eigenvalue weighted by Crippen LogP contribution is 2.39. The van der Waals surface area contributed by atoms with Crippen LogP contribution in [0, 0.1) is 11.8 Å². The van der Waals surface area contributed by atoms with Crippen LogP contribution in [-0.4, -0.2) is 85.6 Å². The molecule has 8 heteroatoms. The van der Waals surface area contributed by atoms with Crippen LogP contribution in [0.3, 0.4) is 0 Å². The van der Waals surface area contributed by atoms with Gasteiger partial charge in [0.1, 0.15) is 11.6 Å². The SMILES string of the molecule is COc1cccc(N2CCN(C(=O)c3ccc(N4C[C@H]5C[C@H](C4)[C@H]4CCCC(=O)N4C5)nc3)CC2)c1. The minimum Gasteiger partial charge on any atom is -0.497 e. The lowest BCUT2D eigenvalue weighted by atomic mass is 9.76. The maximum atomic E-state index is 13.2. The highest BCUT2D eigenvalue weighted by atomic mass is 16.5. The van der Waals surface area contributed by atoms with Gasteiger partial charge in [0.2, 0.25) is 5.91 Å². The molecule has 4 aliphatic heterocycles. The first kappa shape index (κ1) is 23.1. The highest BCUT2D eigenvalue weighted by molar-refractivity contribution is 5.94. The zero-order valence-corrected chi connectivity index (χ0v) is 21.0. The van der Waals surface area contributed by atoms with Crippen molar-refractivity contribution in [3.8, 4) is 5.75 Å². The number of piperidine rings is 3. The molecule has 0 aliphatic carbocycles. The molecule has 0 N–H and O–H groups in total. The Kier molecular flexibility index (Phi) is 6.19. The average Bonchev–Trinajstić information content (AvgIpc) is 2.93. The Morgan fingerprint density at radius 1 is 1.03 bits per heavy atom. The number of rotatable bonds is 4. The van der Waals surface area contributed by atoms with E-state index in [-0.39, 0.29) is 5.91 Å². The van der Waals surface area contributed by atoms with Crippen molar-refractivity contribution in [2.45, 2.75) is 31.7 Å². The maximum Gasteiger partial charge on any atom is 0.255 e. The van der Waals surface area contributed by atoms with E-state index in [4.69, 9.17) is 9.72 Å². The Bertz CT molecular complexity index is 1110. The van der Waals surface area contributed by atoms with E-state index in [1.165, 1.54) is 6.42 Å². The van der Waals surface area contributed by atoms with Crippen molar-refractivity contribution in [2.75, 3.05) is 62.7 Å². The zero-order chi connectivity index (χ0) is 24.6. The molecule has 2 bridgehead atoms. The van der Waals surface area contributed by atoms with Gasteiger partial charge in [-0.15, -0.1) is 0 Å². The fourth-order valence-electron chi connectivity index (χ4n) is 6.65. The molecule has 1 aromatic heterocycles. The summed E-state index contributed by atoms with van der Waals surface area (Å²) in [5.74, 6) is 3.21. The summed E-state index contributed by atoms with van der Waals surface area (Å²) >= 11 is 0. The van der Waals surface area contributed by atoms with Crippen LogP contribution in [0.25, 0.3) is 0 Å². The van der Waals surface area contributed by atoms with Crippen molar-refractivity contribution in [3.05, 3.63) is 48.2 Å². The summed E-state index contributed by atoms with van der Waals surface area (Å²) in [6.45, 7) is 5.71. The van der Waals surface area contributed by atoms with Gasteiger partial charge in [-0.05, 0) is 55.4 Å². The number of aromatic nitrogens is 1. The van der Waals surface area contributed by atoms with E-state index in [1.54, 1.807) is 13.3 Å². The Morgan fingerprint density at radius 2 is 1.89 bits per heavy atom. The molecule has 0 saturated carbocycles. The van der Waals surface area contributed by atoms with Crippen molar-refractivity contribution < 1.29 is 14.3 Å². The lowest BCUT2D eigenvalue weighted by Gasteiger charge is -2.52. The van der Waals surface area contributed by atoms with Gasteiger partial charge in [-0.2, -0.15) is 0 Å². The van der Waals surface area contributed by atoms with Gasteiger partial charge in [0.05, 0.1) is 12.7 Å². The predicted molar refractivity (Wildman–Crippen MR) is 139 cm³/mol. The minimum atomic E-state index is 0.0474. The third-order valence-corrected chi connectivity index (χ3v) is 8.48. The zero-order valence-electron chi connectivity index (χ0n) is 21.0. The summed E-state index contributed by atoms with van der Waals surface area (Å²) in [5.41, 5.74) is 1.77. The van der Waals surface area contributed by atoms with Crippen LogP contribution >= 0.6 is 0 Å². The van der Waals surface area contributed by atoms with Gasteiger partial charge >= 0.3 is 0 Å². The summed E-state index contributed by atoms with van der Waals surface area (Å²) in [6, 6.07) is 12.4. The number of fused-ring (bicyclic) bond motifs is 4. The number of carbonyl (C=O) groups excluding carboxylic acids is 2. The fraction of sp³-hybridized carbons (Fsp3) is 0.536. The van der Waals surface area contributed by atoms with Crippen LogP contribution in [-0.2, 0) is 4.79 Å². The molecule has 0 radical (unpaired) electrons. The number of anilines is 2. The fourth-order valence-corrected chi connectivity index (χ4v) is 6.65. The average molecular weight is 490 g/mol. The van der Waals surface area contributed by atoms with Crippen molar-refractivity contribution in [1.82, 2.24) is 14.8 Å². The molecule has 4 saturated heterocycles.